The molecule has 1 aromatic heterocycles. The third-order valence-electron chi connectivity index (χ3n) is 15.0. The van der Waals surface area contributed by atoms with Crippen molar-refractivity contribution in [2.24, 2.45) is 0 Å². The molecule has 0 bridgehead atoms. The van der Waals surface area contributed by atoms with Crippen molar-refractivity contribution in [3.63, 3.8) is 0 Å². The Kier molecular flexibility index (Phi) is 10.2. The van der Waals surface area contributed by atoms with E-state index in [0.29, 0.717) is 0 Å². The highest BCUT2D eigenvalue weighted by atomic mass is 14.7. The lowest BCUT2D eigenvalue weighted by molar-refractivity contribution is 1.43. The lowest BCUT2D eigenvalue weighted by Gasteiger charge is -2.29. The molecule has 0 aliphatic carbocycles. The Bertz CT molecular complexity index is 3030. The highest BCUT2D eigenvalue weighted by Gasteiger charge is 2.28. The fraction of sp³-hybridized carbons (Fsp3) is 0. The SMILES string of the molecule is Bc1nc(-c2c3c(B)c(B)c(B)c(B)c3c(-c3cccc(-c4cccc5ccccc45)c3)c3c(B)c(B)c(B)c(B)c23)c(B)c(B)c1-c1c(B)c(B)c(B)c(B)c1B. The van der Waals surface area contributed by atoms with Gasteiger partial charge < -0.3 is 0 Å². The Balaban J connectivity index is 1.57. The van der Waals surface area contributed by atoms with Crippen molar-refractivity contribution < 1.29 is 0 Å². The summed E-state index contributed by atoms with van der Waals surface area (Å²) in [5.41, 5.74) is 31.5. The van der Waals surface area contributed by atoms with Gasteiger partial charge in [-0.05, 0) is 71.8 Å². The lowest BCUT2D eigenvalue weighted by Crippen LogP contribution is -2.56. The summed E-state index contributed by atoms with van der Waals surface area (Å²) in [6, 6.07) is 24.8. The summed E-state index contributed by atoms with van der Waals surface area (Å²) >= 11 is 0. The summed E-state index contributed by atoms with van der Waals surface area (Å²) < 4.78 is 0. The third-order valence-corrected chi connectivity index (χ3v) is 15.0. The molecule has 17 heteroatoms. The molecule has 58 heavy (non-hydrogen) atoms. The summed E-state index contributed by atoms with van der Waals surface area (Å²) in [6.45, 7) is 0. The Hall–Kier alpha value is -4.49. The maximum absolute atomic E-state index is 5.78. The van der Waals surface area contributed by atoms with Crippen LogP contribution in [0.25, 0.3) is 77.0 Å². The number of hydrogen-bond acceptors (Lipinski definition) is 1. The van der Waals surface area contributed by atoms with Crippen molar-refractivity contribution in [3.8, 4) is 44.6 Å². The van der Waals surface area contributed by atoms with E-state index in [1.807, 2.05) is 0 Å². The minimum atomic E-state index is 1.09. The Morgan fingerprint density at radius 3 is 1.28 bits per heavy atom. The molecule has 0 atom stereocenters. The zero-order chi connectivity index (χ0) is 41.8. The van der Waals surface area contributed by atoms with Gasteiger partial charge in [-0.2, -0.15) is 0 Å². The molecule has 0 unspecified atom stereocenters. The number of hydrogen-bond donors (Lipinski definition) is 0. The second-order valence-electron chi connectivity index (χ2n) is 17.5. The molecular weight excluding hydrogens is 679 g/mol. The number of benzene rings is 7. The molecule has 0 N–H and O–H groups in total. The first-order valence-corrected chi connectivity index (χ1v) is 21.1. The average Bonchev–Trinajstić information content (AvgIpc) is 3.23. The molecule has 8 rings (SSSR count). The number of aromatic nitrogens is 1. The number of fused-ring (bicyclic) bond motifs is 3. The zero-order valence-corrected chi connectivity index (χ0v) is 37.8. The van der Waals surface area contributed by atoms with Gasteiger partial charge in [0.05, 0.1) is 5.69 Å². The molecule has 0 spiro atoms. The topological polar surface area (TPSA) is 12.9 Å². The van der Waals surface area contributed by atoms with E-state index in [-0.39, 0.29) is 0 Å². The minimum Gasteiger partial charge on any atom is -0.264 e. The predicted molar refractivity (Wildman–Crippen MR) is 309 cm³/mol. The number of nitrogens with zero attached hydrogens (tertiary/aromatic N) is 1. The molecule has 7 aromatic carbocycles. The molecule has 0 amide bonds. The quantitative estimate of drug-likeness (QED) is 0.130. The highest BCUT2D eigenvalue weighted by Crippen LogP contribution is 2.41. The van der Waals surface area contributed by atoms with Crippen molar-refractivity contribution in [3.05, 3.63) is 66.7 Å². The van der Waals surface area contributed by atoms with Crippen LogP contribution in [0.1, 0.15) is 0 Å². The van der Waals surface area contributed by atoms with Crippen LogP contribution in [0.15, 0.2) is 66.7 Å². The Morgan fingerprint density at radius 2 is 0.724 bits per heavy atom. The van der Waals surface area contributed by atoms with Crippen LogP contribution in [0.3, 0.4) is 0 Å². The smallest absolute Gasteiger partial charge is 0.164 e. The average molecular weight is 723 g/mol. The largest absolute Gasteiger partial charge is 0.264 e. The monoisotopic (exact) mass is 725 g/mol. The molecule has 0 fully saturated rings. The van der Waals surface area contributed by atoms with Gasteiger partial charge in [-0.25, -0.2) is 0 Å². The van der Waals surface area contributed by atoms with Crippen LogP contribution < -0.4 is 87.5 Å². The van der Waals surface area contributed by atoms with E-state index in [4.69, 9.17) is 4.98 Å². The lowest BCUT2D eigenvalue weighted by atomic mass is 9.57. The normalized spacial score (nSPS) is 11.5. The van der Waals surface area contributed by atoms with Crippen LogP contribution in [-0.4, -0.2) is 131 Å². The van der Waals surface area contributed by atoms with Crippen LogP contribution >= 0.6 is 0 Å². The second kappa shape index (κ2) is 14.7. The van der Waals surface area contributed by atoms with E-state index < -0.39 is 0 Å². The zero-order valence-electron chi connectivity index (χ0n) is 37.8. The summed E-state index contributed by atoms with van der Waals surface area (Å²) in [4.78, 5) is 5.78. The maximum Gasteiger partial charge on any atom is 0.164 e. The Labute approximate surface area is 359 Å². The minimum absolute atomic E-state index is 1.09. The fourth-order valence-electron chi connectivity index (χ4n) is 10.4. The van der Waals surface area contributed by atoms with Crippen LogP contribution in [0.4, 0.5) is 0 Å². The van der Waals surface area contributed by atoms with Crippen molar-refractivity contribution in [1.29, 1.82) is 0 Å². The highest BCUT2D eigenvalue weighted by molar-refractivity contribution is 6.73. The van der Waals surface area contributed by atoms with Crippen LogP contribution in [0.5, 0.6) is 0 Å². The van der Waals surface area contributed by atoms with Crippen LogP contribution in [-0.2, 0) is 0 Å². The van der Waals surface area contributed by atoms with Gasteiger partial charge in [-0.1, -0.05) is 104 Å². The van der Waals surface area contributed by atoms with Crippen molar-refractivity contribution in [2.45, 2.75) is 0 Å². The van der Waals surface area contributed by atoms with E-state index in [0.717, 1.165) is 11.3 Å². The molecule has 0 aliphatic heterocycles. The van der Waals surface area contributed by atoms with Gasteiger partial charge in [0.15, 0.2) is 7.85 Å². The van der Waals surface area contributed by atoms with Crippen LogP contribution in [0, 0.1) is 0 Å². The molecule has 0 saturated heterocycles. The van der Waals surface area contributed by atoms with Gasteiger partial charge in [-0.3, -0.25) is 4.98 Å². The standard InChI is InChI=1S/C41H43B16N/c42-25-18-17(14-8-3-7-13(11-14)16-10-4-6-12-5-1-2-9-15(12)16)19-21(28(45)35(52)33(50)26(19)43)22(20(18)27(44)34(51)32(25)49)40-39(56)31(48)24(41(57)58-40)23-29(46)36(53)38(55)37(54)30(23)47/h1-11H,42-57H2. The first-order chi connectivity index (χ1) is 27.5. The van der Waals surface area contributed by atoms with Gasteiger partial charge in [-0.15, -0.1) is 38.2 Å². The molecular formula is C41H43B16N. The summed E-state index contributed by atoms with van der Waals surface area (Å²) in [6.07, 6.45) is 0. The third kappa shape index (κ3) is 5.80. The van der Waals surface area contributed by atoms with E-state index in [9.17, 15) is 0 Å². The summed E-state index contributed by atoms with van der Waals surface area (Å²) in [5, 5.41) is 7.91. The number of pyridine rings is 1. The summed E-state index contributed by atoms with van der Waals surface area (Å²) in [5.74, 6) is 0. The van der Waals surface area contributed by atoms with Gasteiger partial charge in [0, 0.05) is 11.2 Å². The van der Waals surface area contributed by atoms with E-state index in [1.54, 1.807) is 0 Å². The van der Waals surface area contributed by atoms with Crippen molar-refractivity contribution in [2.75, 3.05) is 0 Å². The van der Waals surface area contributed by atoms with E-state index in [1.165, 1.54) is 153 Å². The fourth-order valence-corrected chi connectivity index (χ4v) is 10.4. The first kappa shape index (κ1) is 40.3. The van der Waals surface area contributed by atoms with Crippen LogP contribution in [0.2, 0.25) is 0 Å². The Morgan fingerprint density at radius 1 is 0.310 bits per heavy atom. The van der Waals surface area contributed by atoms with Crippen molar-refractivity contribution in [1.82, 2.24) is 4.98 Å². The number of rotatable bonds is 4. The molecule has 8 aromatic rings. The van der Waals surface area contributed by atoms with Gasteiger partial charge >= 0.3 is 0 Å². The van der Waals surface area contributed by atoms with Gasteiger partial charge in [0.1, 0.15) is 118 Å². The molecule has 1 nitrogen and oxygen atoms in total. The second-order valence-corrected chi connectivity index (χ2v) is 17.5. The van der Waals surface area contributed by atoms with Gasteiger partial charge in [0.25, 0.3) is 0 Å². The maximum atomic E-state index is 5.78. The first-order valence-electron chi connectivity index (χ1n) is 21.1. The molecule has 1 heterocycles. The predicted octanol–water partition coefficient (Wildman–Crippen LogP) is -16.7. The van der Waals surface area contributed by atoms with Gasteiger partial charge in [0.2, 0.25) is 0 Å². The van der Waals surface area contributed by atoms with E-state index in [2.05, 4.69) is 192 Å². The van der Waals surface area contributed by atoms with E-state index >= 15 is 0 Å². The molecule has 0 aliphatic rings. The summed E-state index contributed by atoms with van der Waals surface area (Å²) in [7, 11) is 37.0. The van der Waals surface area contributed by atoms with Crippen molar-refractivity contribution >= 4 is 245 Å². The molecule has 0 saturated carbocycles. The molecule has 260 valence electrons. The molecule has 0 radical (unpaired) electrons.